The second kappa shape index (κ2) is 3.80. The van der Waals surface area contributed by atoms with Crippen LogP contribution in [0.3, 0.4) is 0 Å². The van der Waals surface area contributed by atoms with Gasteiger partial charge >= 0.3 is 0 Å². The highest BCUT2D eigenvalue weighted by atomic mass is 19.1. The van der Waals surface area contributed by atoms with Gasteiger partial charge in [0.25, 0.3) is 0 Å². The Kier molecular flexibility index (Phi) is 3.73. The molecule has 0 aliphatic carbocycles. The van der Waals surface area contributed by atoms with Crippen molar-refractivity contribution in [1.29, 1.82) is 0 Å². The molecule has 3 heteroatoms. The molecule has 2 N–H and O–H groups in total. The lowest BCUT2D eigenvalue weighted by molar-refractivity contribution is 0.268. The van der Waals surface area contributed by atoms with Crippen molar-refractivity contribution < 1.29 is 4.39 Å². The fraction of sp³-hybridized carbons (Fsp3) is 1.00. The molecule has 0 aromatic heterocycles. The van der Waals surface area contributed by atoms with E-state index >= 15 is 0 Å². The van der Waals surface area contributed by atoms with Crippen LogP contribution in [0.5, 0.6) is 0 Å². The third-order valence-electron chi connectivity index (χ3n) is 1.06. The molecule has 2 atom stereocenters. The van der Waals surface area contributed by atoms with Crippen molar-refractivity contribution in [3.8, 4) is 0 Å². The van der Waals surface area contributed by atoms with E-state index in [0.29, 0.717) is 0 Å². The fourth-order valence-electron chi connectivity index (χ4n) is 0.343. The molecule has 0 aliphatic heterocycles. The van der Waals surface area contributed by atoms with E-state index in [4.69, 9.17) is 0 Å². The van der Waals surface area contributed by atoms with E-state index in [0.717, 1.165) is 0 Å². The molecule has 0 amide bonds. The van der Waals surface area contributed by atoms with Gasteiger partial charge in [0.1, 0.15) is 6.17 Å². The number of nitrogens with one attached hydrogen (secondary N) is 2. The Balaban J connectivity index is 3.17. The lowest BCUT2D eigenvalue weighted by Crippen LogP contribution is -2.41. The Morgan fingerprint density at radius 1 is 1.38 bits per heavy atom. The van der Waals surface area contributed by atoms with Crippen molar-refractivity contribution in [2.75, 3.05) is 7.05 Å². The molecule has 0 fully saturated rings. The van der Waals surface area contributed by atoms with Gasteiger partial charge in [0, 0.05) is 6.04 Å². The quantitative estimate of drug-likeness (QED) is 0.529. The minimum atomic E-state index is -0.803. The van der Waals surface area contributed by atoms with E-state index < -0.39 is 6.17 Å². The van der Waals surface area contributed by atoms with Crippen LogP contribution in [0.25, 0.3) is 0 Å². The third-order valence-corrected chi connectivity index (χ3v) is 1.06. The predicted molar refractivity (Wildman–Crippen MR) is 32.2 cm³/mol. The van der Waals surface area contributed by atoms with E-state index in [9.17, 15) is 4.39 Å². The van der Waals surface area contributed by atoms with Crippen molar-refractivity contribution >= 4 is 0 Å². The summed E-state index contributed by atoms with van der Waals surface area (Å²) in [6, 6.07) is -0.111. The molecule has 1 unspecified atom stereocenters. The normalized spacial score (nSPS) is 18.0. The molecular formula is C5H13FN2. The summed E-state index contributed by atoms with van der Waals surface area (Å²) in [5.74, 6) is 0. The zero-order valence-corrected chi connectivity index (χ0v) is 5.53. The largest absolute Gasteiger partial charge is 0.261 e. The summed E-state index contributed by atoms with van der Waals surface area (Å²) in [4.78, 5) is 0. The number of hydrogen-bond donors (Lipinski definition) is 2. The summed E-state index contributed by atoms with van der Waals surface area (Å²) in [7, 11) is 1.72. The minimum Gasteiger partial charge on any atom is -0.261 e. The summed E-state index contributed by atoms with van der Waals surface area (Å²) in [5, 5.41) is 0. The average molecular weight is 120 g/mol. The third kappa shape index (κ3) is 2.93. The van der Waals surface area contributed by atoms with E-state index in [1.807, 2.05) is 0 Å². The first-order valence-corrected chi connectivity index (χ1v) is 2.74. The highest BCUT2D eigenvalue weighted by Gasteiger charge is 2.06. The number of halogens is 1. The molecule has 0 saturated heterocycles. The summed E-state index contributed by atoms with van der Waals surface area (Å²) in [6.45, 7) is 3.30. The van der Waals surface area contributed by atoms with Gasteiger partial charge < -0.3 is 0 Å². The van der Waals surface area contributed by atoms with Gasteiger partial charge in [-0.2, -0.15) is 0 Å². The van der Waals surface area contributed by atoms with Gasteiger partial charge in [0.15, 0.2) is 0 Å². The van der Waals surface area contributed by atoms with Gasteiger partial charge in [0.05, 0.1) is 0 Å². The summed E-state index contributed by atoms with van der Waals surface area (Å²) in [5.41, 5.74) is 5.38. The first kappa shape index (κ1) is 7.85. The molecule has 0 heterocycles. The number of rotatable bonds is 3. The number of alkyl halides is 1. The SMILES string of the molecule is CNNC(C)[C@@H](C)F. The monoisotopic (exact) mass is 120 g/mol. The summed E-state index contributed by atoms with van der Waals surface area (Å²) >= 11 is 0. The molecule has 0 aromatic rings. The maximum Gasteiger partial charge on any atom is 0.114 e. The van der Waals surface area contributed by atoms with E-state index in [1.54, 1.807) is 14.0 Å². The van der Waals surface area contributed by atoms with Crippen LogP contribution in [0.1, 0.15) is 13.8 Å². The second-order valence-corrected chi connectivity index (χ2v) is 1.86. The van der Waals surface area contributed by atoms with Crippen molar-refractivity contribution in [2.45, 2.75) is 26.1 Å². The standard InChI is InChI=1S/C5H13FN2/c1-4(6)5(2)8-7-3/h4-5,7-8H,1-3H3/t4-,5?/m1/s1. The summed E-state index contributed by atoms with van der Waals surface area (Å²) in [6.07, 6.45) is -0.803. The van der Waals surface area contributed by atoms with Gasteiger partial charge in [-0.25, -0.2) is 4.39 Å². The van der Waals surface area contributed by atoms with Crippen LogP contribution in [0.15, 0.2) is 0 Å². The molecule has 0 rings (SSSR count). The maximum atomic E-state index is 12.2. The Hall–Kier alpha value is -0.150. The Bertz CT molecular complexity index is 56.4. The smallest absolute Gasteiger partial charge is 0.114 e. The summed E-state index contributed by atoms with van der Waals surface area (Å²) < 4.78 is 12.2. The van der Waals surface area contributed by atoms with Crippen LogP contribution < -0.4 is 10.9 Å². The Morgan fingerprint density at radius 3 is 2.00 bits per heavy atom. The van der Waals surface area contributed by atoms with E-state index in [-0.39, 0.29) is 6.04 Å². The fourth-order valence-corrected chi connectivity index (χ4v) is 0.343. The highest BCUT2D eigenvalue weighted by molar-refractivity contribution is 4.62. The predicted octanol–water partition coefficient (Wildman–Crippen LogP) is 0.457. The van der Waals surface area contributed by atoms with Crippen molar-refractivity contribution in [3.63, 3.8) is 0 Å². The molecule has 2 nitrogen and oxygen atoms in total. The number of hydrogen-bond acceptors (Lipinski definition) is 2. The van der Waals surface area contributed by atoms with Crippen LogP contribution in [-0.2, 0) is 0 Å². The van der Waals surface area contributed by atoms with Gasteiger partial charge in [-0.15, -0.1) is 0 Å². The highest BCUT2D eigenvalue weighted by Crippen LogP contribution is 1.93. The van der Waals surface area contributed by atoms with Crippen LogP contribution in [0, 0.1) is 0 Å². The van der Waals surface area contributed by atoms with Gasteiger partial charge in [-0.1, -0.05) is 0 Å². The minimum absolute atomic E-state index is 0.111. The molecule has 0 aliphatic rings. The molecule has 50 valence electrons. The number of hydrazine groups is 1. The molecule has 0 radical (unpaired) electrons. The topological polar surface area (TPSA) is 24.1 Å². The molecule has 0 aromatic carbocycles. The maximum absolute atomic E-state index is 12.2. The molecule has 0 spiro atoms. The zero-order chi connectivity index (χ0) is 6.57. The molecular weight excluding hydrogens is 107 g/mol. The molecule has 0 bridgehead atoms. The Labute approximate surface area is 49.4 Å². The second-order valence-electron chi connectivity index (χ2n) is 1.86. The van der Waals surface area contributed by atoms with Gasteiger partial charge in [-0.3, -0.25) is 10.9 Å². The van der Waals surface area contributed by atoms with Crippen LogP contribution in [-0.4, -0.2) is 19.3 Å². The van der Waals surface area contributed by atoms with Gasteiger partial charge in [0.2, 0.25) is 0 Å². The first-order chi connectivity index (χ1) is 3.68. The van der Waals surface area contributed by atoms with Crippen LogP contribution in [0.4, 0.5) is 4.39 Å². The van der Waals surface area contributed by atoms with E-state index in [2.05, 4.69) is 10.9 Å². The van der Waals surface area contributed by atoms with Gasteiger partial charge in [-0.05, 0) is 20.9 Å². The lowest BCUT2D eigenvalue weighted by Gasteiger charge is -2.12. The Morgan fingerprint density at radius 2 is 1.88 bits per heavy atom. The van der Waals surface area contributed by atoms with E-state index in [1.165, 1.54) is 6.92 Å². The van der Waals surface area contributed by atoms with Crippen LogP contribution >= 0.6 is 0 Å². The zero-order valence-electron chi connectivity index (χ0n) is 5.53. The van der Waals surface area contributed by atoms with Crippen molar-refractivity contribution in [1.82, 2.24) is 10.9 Å². The molecule has 8 heavy (non-hydrogen) atoms. The van der Waals surface area contributed by atoms with Crippen LogP contribution in [0.2, 0.25) is 0 Å². The molecule has 0 saturated carbocycles. The van der Waals surface area contributed by atoms with Crippen molar-refractivity contribution in [3.05, 3.63) is 0 Å². The van der Waals surface area contributed by atoms with Crippen molar-refractivity contribution in [2.24, 2.45) is 0 Å². The first-order valence-electron chi connectivity index (χ1n) is 2.74. The lowest BCUT2D eigenvalue weighted by atomic mass is 10.2. The average Bonchev–Trinajstić information content (AvgIpc) is 1.67.